The predicted octanol–water partition coefficient (Wildman–Crippen LogP) is 2.65. The first kappa shape index (κ1) is 22.1. The molecule has 2 aromatic rings. The number of carbonyl (C=O) groups is 1. The smallest absolute Gasteiger partial charge is 0.345 e. The van der Waals surface area contributed by atoms with Crippen LogP contribution >= 0.6 is 11.6 Å². The number of benzene rings is 1. The number of amidine groups is 1. The predicted molar refractivity (Wildman–Crippen MR) is 100 cm³/mol. The molecule has 0 spiro atoms. The van der Waals surface area contributed by atoms with Gasteiger partial charge in [-0.3, -0.25) is 10.7 Å². The Hall–Kier alpha value is -2.98. The summed E-state index contributed by atoms with van der Waals surface area (Å²) in [7, 11) is 0. The van der Waals surface area contributed by atoms with Gasteiger partial charge in [-0.2, -0.15) is 8.78 Å². The number of nitrogens with two attached hydrogens (primary N) is 2. The number of nitrogens with zero attached hydrogens (tertiary/aromatic N) is 1. The van der Waals surface area contributed by atoms with Crippen molar-refractivity contribution in [3.63, 3.8) is 0 Å². The van der Waals surface area contributed by atoms with Gasteiger partial charge in [-0.05, 0) is 0 Å². The van der Waals surface area contributed by atoms with Gasteiger partial charge in [-0.25, -0.2) is 9.78 Å². The number of alkyl halides is 2. The van der Waals surface area contributed by atoms with Gasteiger partial charge in [0.05, 0.1) is 17.9 Å². The maximum absolute atomic E-state index is 11.7. The maximum Gasteiger partial charge on any atom is 0.345 e. The summed E-state index contributed by atoms with van der Waals surface area (Å²) in [6, 6.07) is 11.3. The molecule has 0 aliphatic rings. The van der Waals surface area contributed by atoms with Crippen molar-refractivity contribution in [2.24, 2.45) is 5.73 Å². The average Bonchev–Trinajstić information content (AvgIpc) is 2.64. The molecule has 0 aliphatic heterocycles. The van der Waals surface area contributed by atoms with Crippen LogP contribution in [0.4, 0.5) is 25.1 Å². The van der Waals surface area contributed by atoms with Gasteiger partial charge in [0.1, 0.15) is 10.9 Å². The van der Waals surface area contributed by atoms with Crippen LogP contribution in [0.3, 0.4) is 0 Å². The van der Waals surface area contributed by atoms with Crippen LogP contribution in [0, 0.1) is 5.41 Å². The number of hydrogen-bond acceptors (Lipinski definition) is 5. The second kappa shape index (κ2) is 11.6. The minimum Gasteiger partial charge on any atom is -0.397 e. The van der Waals surface area contributed by atoms with E-state index in [1.165, 1.54) is 6.20 Å². The largest absolute Gasteiger partial charge is 0.397 e. The number of nitrogens with one attached hydrogen (secondary N) is 3. The number of nitrogen functional groups attached to an aromatic ring is 2. The van der Waals surface area contributed by atoms with E-state index in [1.54, 1.807) is 0 Å². The topological polar surface area (TPSA) is 139 Å². The fraction of sp³-hybridized carbons (Fsp3) is 0.188. The third-order valence-corrected chi connectivity index (χ3v) is 3.26. The zero-order valence-electron chi connectivity index (χ0n) is 14.1. The van der Waals surface area contributed by atoms with Crippen LogP contribution in [-0.2, 0) is 4.74 Å². The molecule has 0 unspecified atom stereocenters. The molecule has 7 N–H and O–H groups in total. The molecule has 1 aromatic heterocycles. The van der Waals surface area contributed by atoms with E-state index in [4.69, 9.17) is 28.5 Å². The Balaban J connectivity index is 0.000000511. The molecule has 8 nitrogen and oxygen atoms in total. The van der Waals surface area contributed by atoms with Gasteiger partial charge in [-0.15, -0.1) is 0 Å². The van der Waals surface area contributed by atoms with Crippen molar-refractivity contribution in [2.45, 2.75) is 6.61 Å². The van der Waals surface area contributed by atoms with Crippen LogP contribution in [0.1, 0.15) is 5.56 Å². The summed E-state index contributed by atoms with van der Waals surface area (Å²) < 4.78 is 27.3. The van der Waals surface area contributed by atoms with Crippen LogP contribution in [-0.4, -0.2) is 36.6 Å². The van der Waals surface area contributed by atoms with E-state index in [9.17, 15) is 13.6 Å². The molecule has 0 saturated heterocycles. The number of amides is 2. The molecule has 11 heteroatoms. The second-order valence-electron chi connectivity index (χ2n) is 4.83. The van der Waals surface area contributed by atoms with Gasteiger partial charge in [0.25, 0.3) is 0 Å². The maximum atomic E-state index is 11.7. The van der Waals surface area contributed by atoms with Gasteiger partial charge in [0.15, 0.2) is 5.82 Å². The average molecular weight is 401 g/mol. The SMILES string of the molecule is N=C(N)c1cnc(NC(=O)NCCOC(F)F)c(Cl)c1N.c1ccccc1. The van der Waals surface area contributed by atoms with Crippen LogP contribution < -0.4 is 22.1 Å². The monoisotopic (exact) mass is 400 g/mol. The second-order valence-corrected chi connectivity index (χ2v) is 5.21. The highest BCUT2D eigenvalue weighted by Crippen LogP contribution is 2.28. The molecule has 0 bridgehead atoms. The molecule has 2 amide bonds. The molecular formula is C16H19ClF2N6O2. The lowest BCUT2D eigenvalue weighted by molar-refractivity contribution is -0.126. The van der Waals surface area contributed by atoms with Gasteiger partial charge < -0.3 is 21.5 Å². The van der Waals surface area contributed by atoms with Crippen molar-refractivity contribution in [1.29, 1.82) is 5.41 Å². The quantitative estimate of drug-likeness (QED) is 0.288. The Morgan fingerprint density at radius 3 is 2.30 bits per heavy atom. The van der Waals surface area contributed by atoms with Crippen molar-refractivity contribution < 1.29 is 18.3 Å². The summed E-state index contributed by atoms with van der Waals surface area (Å²) in [5, 5.41) is 11.7. The van der Waals surface area contributed by atoms with Crippen LogP contribution in [0.15, 0.2) is 42.6 Å². The van der Waals surface area contributed by atoms with E-state index in [2.05, 4.69) is 20.4 Å². The lowest BCUT2D eigenvalue weighted by Crippen LogP contribution is -2.32. The van der Waals surface area contributed by atoms with Gasteiger partial charge in [0.2, 0.25) is 0 Å². The standard InChI is InChI=1S/C10H13ClF2N6O2.C6H6/c11-5-6(14)4(7(15)16)3-18-8(5)19-10(20)17-1-2-21-9(12)13;1-2-4-6-5-3-1/h3,9H,1-2H2,(H3,15,16)(H4,14,17,18,19,20);1-6H. The zero-order chi connectivity index (χ0) is 20.2. The number of rotatable bonds is 6. The highest BCUT2D eigenvalue weighted by Gasteiger charge is 2.14. The summed E-state index contributed by atoms with van der Waals surface area (Å²) in [6.07, 6.45) is 1.18. The molecule has 0 saturated carbocycles. The van der Waals surface area contributed by atoms with E-state index in [0.29, 0.717) is 0 Å². The van der Waals surface area contributed by atoms with Crippen LogP contribution in [0.25, 0.3) is 0 Å². The number of urea groups is 1. The number of ether oxygens (including phenoxy) is 1. The summed E-state index contributed by atoms with van der Waals surface area (Å²) in [6.45, 7) is -3.38. The van der Waals surface area contributed by atoms with E-state index in [1.807, 2.05) is 36.4 Å². The number of aromatic nitrogens is 1. The summed E-state index contributed by atoms with van der Waals surface area (Å²) in [5.74, 6) is -0.367. The first-order valence-corrected chi connectivity index (χ1v) is 7.93. The molecule has 146 valence electrons. The third kappa shape index (κ3) is 8.29. The van der Waals surface area contributed by atoms with Crippen LogP contribution in [0.2, 0.25) is 5.02 Å². The Morgan fingerprint density at radius 1 is 1.26 bits per heavy atom. The molecule has 0 fully saturated rings. The Morgan fingerprint density at radius 2 is 1.81 bits per heavy atom. The molecule has 1 aromatic carbocycles. The van der Waals surface area contributed by atoms with Crippen LogP contribution in [0.5, 0.6) is 0 Å². The third-order valence-electron chi connectivity index (χ3n) is 2.88. The number of halogens is 3. The Labute approximate surface area is 159 Å². The molecule has 0 aliphatic carbocycles. The van der Waals surface area contributed by atoms with Gasteiger partial charge in [-0.1, -0.05) is 48.0 Å². The molecule has 1 heterocycles. The molecular weight excluding hydrogens is 382 g/mol. The minimum atomic E-state index is -2.90. The van der Waals surface area contributed by atoms with E-state index in [-0.39, 0.29) is 41.1 Å². The summed E-state index contributed by atoms with van der Waals surface area (Å²) in [4.78, 5) is 15.3. The van der Waals surface area contributed by atoms with Gasteiger partial charge >= 0.3 is 12.6 Å². The highest BCUT2D eigenvalue weighted by molar-refractivity contribution is 6.36. The van der Waals surface area contributed by atoms with E-state index in [0.717, 1.165) is 0 Å². The number of anilines is 2. The van der Waals surface area contributed by atoms with E-state index >= 15 is 0 Å². The number of hydrogen-bond donors (Lipinski definition) is 5. The normalized spacial score (nSPS) is 9.93. The van der Waals surface area contributed by atoms with E-state index < -0.39 is 12.6 Å². The number of pyridine rings is 1. The first-order chi connectivity index (χ1) is 12.8. The van der Waals surface area contributed by atoms with Crippen molar-refractivity contribution in [1.82, 2.24) is 10.3 Å². The lowest BCUT2D eigenvalue weighted by Gasteiger charge is -2.11. The highest BCUT2D eigenvalue weighted by atomic mass is 35.5. The lowest BCUT2D eigenvalue weighted by atomic mass is 10.2. The summed E-state index contributed by atoms with van der Waals surface area (Å²) >= 11 is 5.88. The Kier molecular flexibility index (Phi) is 9.48. The molecule has 27 heavy (non-hydrogen) atoms. The van der Waals surface area contributed by atoms with Crippen molar-refractivity contribution >= 4 is 35.0 Å². The summed E-state index contributed by atoms with van der Waals surface area (Å²) in [5.41, 5.74) is 11.0. The first-order valence-electron chi connectivity index (χ1n) is 7.56. The zero-order valence-corrected chi connectivity index (χ0v) is 14.8. The molecule has 2 rings (SSSR count). The molecule has 0 atom stereocenters. The molecule has 0 radical (unpaired) electrons. The fourth-order valence-electron chi connectivity index (χ4n) is 1.65. The minimum absolute atomic E-state index is 0.00417. The van der Waals surface area contributed by atoms with Crippen molar-refractivity contribution in [2.75, 3.05) is 24.2 Å². The number of carbonyl (C=O) groups excluding carboxylic acids is 1. The fourth-order valence-corrected chi connectivity index (χ4v) is 1.85. The van der Waals surface area contributed by atoms with Gasteiger partial charge in [0, 0.05) is 12.7 Å². The Bertz CT molecular complexity index is 722. The van der Waals surface area contributed by atoms with Crippen molar-refractivity contribution in [3.05, 3.63) is 53.2 Å². The van der Waals surface area contributed by atoms with Crippen molar-refractivity contribution in [3.8, 4) is 0 Å².